The van der Waals surface area contributed by atoms with Crippen LogP contribution >= 0.6 is 0 Å². The molecule has 0 aromatic rings. The van der Waals surface area contributed by atoms with Gasteiger partial charge in [0.25, 0.3) is 0 Å². The van der Waals surface area contributed by atoms with Gasteiger partial charge in [-0.2, -0.15) is 0 Å². The zero-order valence-electron chi connectivity index (χ0n) is 11.3. The Morgan fingerprint density at radius 2 is 1.94 bits per heavy atom. The predicted molar refractivity (Wildman–Crippen MR) is 68.6 cm³/mol. The molecule has 0 aliphatic heterocycles. The number of carbonyl (C=O) groups excluding carboxylic acids is 1. The van der Waals surface area contributed by atoms with Crippen LogP contribution in [0.2, 0.25) is 0 Å². The maximum Gasteiger partial charge on any atom is 0.227 e. The number of amides is 1. The van der Waals surface area contributed by atoms with Crippen LogP contribution in [-0.4, -0.2) is 31.2 Å². The molecule has 1 aliphatic rings. The molecule has 4 nitrogen and oxygen atoms in total. The molecule has 0 spiro atoms. The highest BCUT2D eigenvalue weighted by molar-refractivity contribution is 5.83. The molecular formula is C13H26N2O2. The first-order valence-electron chi connectivity index (χ1n) is 6.74. The Bertz CT molecular complexity index is 238. The molecule has 1 saturated carbocycles. The molecule has 0 saturated heterocycles. The molecular weight excluding hydrogens is 216 g/mol. The first-order valence-corrected chi connectivity index (χ1v) is 6.74. The molecule has 1 fully saturated rings. The number of hydrogen-bond acceptors (Lipinski definition) is 3. The average molecular weight is 242 g/mol. The summed E-state index contributed by atoms with van der Waals surface area (Å²) in [6.45, 7) is 7.23. The van der Waals surface area contributed by atoms with E-state index in [1.165, 1.54) is 0 Å². The lowest BCUT2D eigenvalue weighted by atomic mass is 9.80. The lowest BCUT2D eigenvalue weighted by molar-refractivity contribution is -0.133. The van der Waals surface area contributed by atoms with E-state index >= 15 is 0 Å². The molecule has 0 radical (unpaired) electrons. The minimum absolute atomic E-state index is 0.116. The van der Waals surface area contributed by atoms with E-state index < -0.39 is 0 Å². The fourth-order valence-electron chi connectivity index (χ4n) is 2.35. The van der Waals surface area contributed by atoms with Crippen molar-refractivity contribution in [2.24, 2.45) is 11.1 Å². The highest BCUT2D eigenvalue weighted by Gasteiger charge is 2.37. The van der Waals surface area contributed by atoms with Crippen molar-refractivity contribution in [2.75, 3.05) is 13.2 Å². The normalized spacial score (nSPS) is 24.2. The van der Waals surface area contributed by atoms with Gasteiger partial charge in [-0.05, 0) is 32.6 Å². The predicted octanol–water partition coefficient (Wildman–Crippen LogP) is 1.44. The summed E-state index contributed by atoms with van der Waals surface area (Å²) in [7, 11) is 0. The van der Waals surface area contributed by atoms with Crippen molar-refractivity contribution in [1.82, 2.24) is 5.32 Å². The third-order valence-corrected chi connectivity index (χ3v) is 4.06. The van der Waals surface area contributed by atoms with Crippen LogP contribution in [0.1, 0.15) is 46.5 Å². The lowest BCUT2D eigenvalue weighted by Gasteiger charge is -2.38. The van der Waals surface area contributed by atoms with Gasteiger partial charge in [-0.15, -0.1) is 0 Å². The minimum Gasteiger partial charge on any atom is -0.378 e. The number of nitrogens with one attached hydrogen (secondary N) is 1. The zero-order valence-corrected chi connectivity index (χ0v) is 11.3. The summed E-state index contributed by atoms with van der Waals surface area (Å²) in [5.74, 6) is 0.116. The van der Waals surface area contributed by atoms with Gasteiger partial charge in [-0.1, -0.05) is 13.8 Å². The van der Waals surface area contributed by atoms with Crippen LogP contribution in [0.4, 0.5) is 0 Å². The largest absolute Gasteiger partial charge is 0.378 e. The van der Waals surface area contributed by atoms with E-state index in [-0.39, 0.29) is 17.4 Å². The summed E-state index contributed by atoms with van der Waals surface area (Å²) >= 11 is 0. The molecule has 1 amide bonds. The van der Waals surface area contributed by atoms with Crippen LogP contribution in [0.3, 0.4) is 0 Å². The fraction of sp³-hybridized carbons (Fsp3) is 0.923. The van der Waals surface area contributed by atoms with Gasteiger partial charge in [0.2, 0.25) is 5.91 Å². The highest BCUT2D eigenvalue weighted by atomic mass is 16.5. The van der Waals surface area contributed by atoms with Crippen LogP contribution in [0.15, 0.2) is 0 Å². The first-order chi connectivity index (χ1) is 8.11. The van der Waals surface area contributed by atoms with E-state index in [1.54, 1.807) is 0 Å². The molecule has 0 aromatic heterocycles. The van der Waals surface area contributed by atoms with Gasteiger partial charge in [0, 0.05) is 19.2 Å². The Kier molecular flexibility index (Phi) is 5.40. The minimum atomic E-state index is -0.378. The van der Waals surface area contributed by atoms with Crippen molar-refractivity contribution < 1.29 is 9.53 Å². The number of rotatable bonds is 7. The average Bonchev–Trinajstić information content (AvgIpc) is 2.29. The zero-order chi connectivity index (χ0) is 12.9. The molecule has 0 bridgehead atoms. The Balaban J connectivity index is 2.39. The van der Waals surface area contributed by atoms with Crippen molar-refractivity contribution in [1.29, 1.82) is 0 Å². The fourth-order valence-corrected chi connectivity index (χ4v) is 2.35. The van der Waals surface area contributed by atoms with Gasteiger partial charge in [0.15, 0.2) is 0 Å². The van der Waals surface area contributed by atoms with Crippen molar-refractivity contribution in [3.8, 4) is 0 Å². The van der Waals surface area contributed by atoms with Gasteiger partial charge in [-0.25, -0.2) is 0 Å². The van der Waals surface area contributed by atoms with Crippen molar-refractivity contribution in [2.45, 2.75) is 58.6 Å². The quantitative estimate of drug-likeness (QED) is 0.710. The number of carbonyl (C=O) groups is 1. The second kappa shape index (κ2) is 6.36. The molecule has 0 atom stereocenters. The number of hydrogen-bond donors (Lipinski definition) is 2. The molecule has 0 heterocycles. The standard InChI is InChI=1S/C13H26N2O2/c1-4-13(5-2,9-14)12(16)15-10-7-11(8-10)17-6-3/h10-11H,4-9,14H2,1-3H3,(H,15,16). The molecule has 0 aromatic carbocycles. The third kappa shape index (κ3) is 3.19. The van der Waals surface area contributed by atoms with E-state index in [9.17, 15) is 4.79 Å². The maximum absolute atomic E-state index is 12.2. The van der Waals surface area contributed by atoms with E-state index in [0.29, 0.717) is 12.6 Å². The number of ether oxygens (including phenoxy) is 1. The van der Waals surface area contributed by atoms with Crippen LogP contribution < -0.4 is 11.1 Å². The van der Waals surface area contributed by atoms with Crippen LogP contribution in [-0.2, 0) is 9.53 Å². The van der Waals surface area contributed by atoms with E-state index in [4.69, 9.17) is 10.5 Å². The van der Waals surface area contributed by atoms with Gasteiger partial charge >= 0.3 is 0 Å². The van der Waals surface area contributed by atoms with E-state index in [0.717, 1.165) is 32.3 Å². The molecule has 4 heteroatoms. The monoisotopic (exact) mass is 242 g/mol. The summed E-state index contributed by atoms with van der Waals surface area (Å²) in [4.78, 5) is 12.2. The second-order valence-electron chi connectivity index (χ2n) is 4.91. The SMILES string of the molecule is CCOC1CC(NC(=O)C(CC)(CC)CN)C1. The Morgan fingerprint density at radius 3 is 2.35 bits per heavy atom. The van der Waals surface area contributed by atoms with Gasteiger partial charge in [-0.3, -0.25) is 4.79 Å². The molecule has 3 N–H and O–H groups in total. The van der Waals surface area contributed by atoms with Gasteiger partial charge in [0.1, 0.15) is 0 Å². The van der Waals surface area contributed by atoms with Crippen molar-refractivity contribution in [3.05, 3.63) is 0 Å². The maximum atomic E-state index is 12.2. The summed E-state index contributed by atoms with van der Waals surface area (Å²) in [6, 6.07) is 0.281. The summed E-state index contributed by atoms with van der Waals surface area (Å²) < 4.78 is 5.48. The lowest BCUT2D eigenvalue weighted by Crippen LogP contribution is -2.54. The topological polar surface area (TPSA) is 64.3 Å². The first kappa shape index (κ1) is 14.5. The summed E-state index contributed by atoms with van der Waals surface area (Å²) in [5.41, 5.74) is 5.38. The molecule has 1 aliphatic carbocycles. The van der Waals surface area contributed by atoms with Gasteiger partial charge in [0.05, 0.1) is 11.5 Å². The van der Waals surface area contributed by atoms with Crippen LogP contribution in [0, 0.1) is 5.41 Å². The molecule has 100 valence electrons. The van der Waals surface area contributed by atoms with Crippen LogP contribution in [0.25, 0.3) is 0 Å². The van der Waals surface area contributed by atoms with Gasteiger partial charge < -0.3 is 15.8 Å². The Labute approximate surface area is 104 Å². The summed E-state index contributed by atoms with van der Waals surface area (Å²) in [6.07, 6.45) is 3.81. The smallest absolute Gasteiger partial charge is 0.227 e. The highest BCUT2D eigenvalue weighted by Crippen LogP contribution is 2.28. The number of nitrogens with two attached hydrogens (primary N) is 1. The third-order valence-electron chi connectivity index (χ3n) is 4.06. The van der Waals surface area contributed by atoms with Crippen molar-refractivity contribution in [3.63, 3.8) is 0 Å². The Hall–Kier alpha value is -0.610. The van der Waals surface area contributed by atoms with E-state index in [2.05, 4.69) is 5.32 Å². The molecule has 0 unspecified atom stereocenters. The van der Waals surface area contributed by atoms with Crippen molar-refractivity contribution >= 4 is 5.91 Å². The molecule has 1 rings (SSSR count). The van der Waals surface area contributed by atoms with E-state index in [1.807, 2.05) is 20.8 Å². The second-order valence-corrected chi connectivity index (χ2v) is 4.91. The van der Waals surface area contributed by atoms with Crippen LogP contribution in [0.5, 0.6) is 0 Å². The molecule has 17 heavy (non-hydrogen) atoms. The summed E-state index contributed by atoms with van der Waals surface area (Å²) in [5, 5.41) is 3.10. The Morgan fingerprint density at radius 1 is 1.35 bits per heavy atom.